The van der Waals surface area contributed by atoms with E-state index in [2.05, 4.69) is 20.9 Å². The molecule has 0 saturated heterocycles. The molecule has 1 fully saturated rings. The van der Waals surface area contributed by atoms with Gasteiger partial charge >= 0.3 is 0 Å². The molecule has 3 rings (SSSR count). The van der Waals surface area contributed by atoms with Crippen molar-refractivity contribution in [1.82, 2.24) is 16.0 Å². The summed E-state index contributed by atoms with van der Waals surface area (Å²) in [6, 6.07) is 13.0. The van der Waals surface area contributed by atoms with Crippen molar-refractivity contribution in [2.75, 3.05) is 26.2 Å². The zero-order chi connectivity index (χ0) is 22.8. The van der Waals surface area contributed by atoms with Gasteiger partial charge in [0.15, 0.2) is 12.6 Å². The SMILES string of the molecule is CCNC(=NCCc1ccc(F)cc1C)NCCc1ccc(OCC(=O)NC2CC2)cc1.I. The lowest BCUT2D eigenvalue weighted by Crippen LogP contribution is -2.38. The molecule has 1 aliphatic rings. The van der Waals surface area contributed by atoms with Gasteiger partial charge in [0, 0.05) is 25.7 Å². The van der Waals surface area contributed by atoms with Crippen LogP contribution in [-0.2, 0) is 17.6 Å². The Labute approximate surface area is 212 Å². The Morgan fingerprint density at radius 3 is 2.55 bits per heavy atom. The van der Waals surface area contributed by atoms with Gasteiger partial charge in [0.05, 0.1) is 0 Å². The Morgan fingerprint density at radius 2 is 1.88 bits per heavy atom. The van der Waals surface area contributed by atoms with Crippen molar-refractivity contribution in [2.45, 2.75) is 45.6 Å². The maximum absolute atomic E-state index is 13.2. The van der Waals surface area contributed by atoms with Crippen LogP contribution >= 0.6 is 24.0 Å². The second-order valence-electron chi connectivity index (χ2n) is 8.03. The summed E-state index contributed by atoms with van der Waals surface area (Å²) in [6.45, 7) is 6.16. The number of halogens is 2. The summed E-state index contributed by atoms with van der Waals surface area (Å²) in [5.41, 5.74) is 3.23. The van der Waals surface area contributed by atoms with Crippen LogP contribution in [-0.4, -0.2) is 44.1 Å². The molecule has 0 atom stereocenters. The maximum atomic E-state index is 13.2. The molecule has 2 aromatic rings. The minimum absolute atomic E-state index is 0. The van der Waals surface area contributed by atoms with E-state index in [0.29, 0.717) is 18.3 Å². The average Bonchev–Trinajstić information content (AvgIpc) is 3.58. The smallest absolute Gasteiger partial charge is 0.258 e. The first-order valence-electron chi connectivity index (χ1n) is 11.3. The van der Waals surface area contributed by atoms with Gasteiger partial charge in [0.1, 0.15) is 11.6 Å². The fourth-order valence-electron chi connectivity index (χ4n) is 3.29. The van der Waals surface area contributed by atoms with Crippen molar-refractivity contribution in [3.63, 3.8) is 0 Å². The summed E-state index contributed by atoms with van der Waals surface area (Å²) in [5.74, 6) is 1.20. The molecule has 0 heterocycles. The highest BCUT2D eigenvalue weighted by molar-refractivity contribution is 14.0. The summed E-state index contributed by atoms with van der Waals surface area (Å²) in [6.07, 6.45) is 3.75. The molecule has 0 spiro atoms. The Bertz CT molecular complexity index is 917. The summed E-state index contributed by atoms with van der Waals surface area (Å²) < 4.78 is 18.8. The van der Waals surface area contributed by atoms with E-state index in [1.165, 1.54) is 11.6 Å². The first-order chi connectivity index (χ1) is 15.5. The molecule has 8 heteroatoms. The second kappa shape index (κ2) is 14.0. The number of carbonyl (C=O) groups is 1. The molecule has 1 saturated carbocycles. The summed E-state index contributed by atoms with van der Waals surface area (Å²) in [7, 11) is 0. The number of ether oxygens (including phenoxy) is 1. The van der Waals surface area contributed by atoms with Crippen LogP contribution in [0.3, 0.4) is 0 Å². The lowest BCUT2D eigenvalue weighted by molar-refractivity contribution is -0.123. The van der Waals surface area contributed by atoms with Gasteiger partial charge in [-0.05, 0) is 80.5 Å². The van der Waals surface area contributed by atoms with E-state index in [0.717, 1.165) is 55.9 Å². The Kier molecular flexibility index (Phi) is 11.4. The number of carbonyl (C=O) groups excluding carboxylic acids is 1. The van der Waals surface area contributed by atoms with E-state index >= 15 is 0 Å². The van der Waals surface area contributed by atoms with E-state index in [1.54, 1.807) is 6.07 Å². The number of rotatable bonds is 11. The second-order valence-corrected chi connectivity index (χ2v) is 8.03. The van der Waals surface area contributed by atoms with Gasteiger partial charge in [-0.25, -0.2) is 4.39 Å². The Morgan fingerprint density at radius 1 is 1.12 bits per heavy atom. The number of hydrogen-bond acceptors (Lipinski definition) is 3. The number of amides is 1. The first-order valence-corrected chi connectivity index (χ1v) is 11.3. The van der Waals surface area contributed by atoms with E-state index in [1.807, 2.05) is 44.2 Å². The molecule has 0 bridgehead atoms. The van der Waals surface area contributed by atoms with E-state index < -0.39 is 0 Å². The van der Waals surface area contributed by atoms with E-state index in [9.17, 15) is 9.18 Å². The number of aliphatic imine (C=N–C) groups is 1. The monoisotopic (exact) mass is 568 g/mol. The highest BCUT2D eigenvalue weighted by atomic mass is 127. The van der Waals surface area contributed by atoms with E-state index in [4.69, 9.17) is 4.74 Å². The molecule has 0 unspecified atom stereocenters. The molecular formula is C25H34FIN4O2. The molecule has 2 aromatic carbocycles. The largest absolute Gasteiger partial charge is 0.484 e. The Balaban J connectivity index is 0.00000385. The standard InChI is InChI=1S/C25H33FN4O2.HI/c1-3-27-25(29-15-13-20-6-7-21(26)16-18(20)2)28-14-12-19-4-10-23(11-5-19)32-17-24(31)30-22-8-9-22;/h4-7,10-11,16,22H,3,8-9,12-15,17H2,1-2H3,(H,30,31)(H2,27,28,29);1H. The predicted molar refractivity (Wildman–Crippen MR) is 141 cm³/mol. The highest BCUT2D eigenvalue weighted by Crippen LogP contribution is 2.18. The third-order valence-corrected chi connectivity index (χ3v) is 5.24. The van der Waals surface area contributed by atoms with Gasteiger partial charge in [-0.3, -0.25) is 9.79 Å². The van der Waals surface area contributed by atoms with Crippen LogP contribution in [0.2, 0.25) is 0 Å². The number of hydrogen-bond donors (Lipinski definition) is 3. The molecule has 1 amide bonds. The molecule has 6 nitrogen and oxygen atoms in total. The molecular weight excluding hydrogens is 534 g/mol. The quantitative estimate of drug-likeness (QED) is 0.220. The zero-order valence-corrected chi connectivity index (χ0v) is 21.7. The molecule has 0 aromatic heterocycles. The Hall–Kier alpha value is -2.36. The number of nitrogens with one attached hydrogen (secondary N) is 3. The van der Waals surface area contributed by atoms with Crippen molar-refractivity contribution in [1.29, 1.82) is 0 Å². The summed E-state index contributed by atoms with van der Waals surface area (Å²) in [5, 5.41) is 9.52. The van der Waals surface area contributed by atoms with Crippen LogP contribution in [0.15, 0.2) is 47.5 Å². The van der Waals surface area contributed by atoms with Gasteiger partial charge in [0.25, 0.3) is 5.91 Å². The molecule has 1 aliphatic carbocycles. The van der Waals surface area contributed by atoms with Crippen LogP contribution in [0.25, 0.3) is 0 Å². The summed E-state index contributed by atoms with van der Waals surface area (Å²) >= 11 is 0. The summed E-state index contributed by atoms with van der Waals surface area (Å²) in [4.78, 5) is 16.3. The average molecular weight is 568 g/mol. The fourth-order valence-corrected chi connectivity index (χ4v) is 3.29. The highest BCUT2D eigenvalue weighted by Gasteiger charge is 2.23. The molecule has 180 valence electrons. The number of nitrogens with zero attached hydrogens (tertiary/aromatic N) is 1. The number of guanidine groups is 1. The zero-order valence-electron chi connectivity index (χ0n) is 19.3. The maximum Gasteiger partial charge on any atom is 0.258 e. The van der Waals surface area contributed by atoms with Gasteiger partial charge < -0.3 is 20.7 Å². The molecule has 0 aliphatic heterocycles. The van der Waals surface area contributed by atoms with Crippen LogP contribution in [0, 0.1) is 12.7 Å². The van der Waals surface area contributed by atoms with Crippen molar-refractivity contribution in [3.8, 4) is 5.75 Å². The fraction of sp³-hybridized carbons (Fsp3) is 0.440. The van der Waals surface area contributed by atoms with Gasteiger partial charge in [-0.2, -0.15) is 0 Å². The lowest BCUT2D eigenvalue weighted by atomic mass is 10.1. The van der Waals surface area contributed by atoms with Crippen molar-refractivity contribution in [3.05, 3.63) is 65.0 Å². The van der Waals surface area contributed by atoms with Gasteiger partial charge in [0.2, 0.25) is 0 Å². The first kappa shape index (κ1) is 26.9. The third kappa shape index (κ3) is 9.98. The van der Waals surface area contributed by atoms with Crippen LogP contribution in [0.4, 0.5) is 4.39 Å². The topological polar surface area (TPSA) is 74.8 Å². The van der Waals surface area contributed by atoms with Crippen LogP contribution in [0.5, 0.6) is 5.75 Å². The van der Waals surface area contributed by atoms with Crippen molar-refractivity contribution < 1.29 is 13.9 Å². The van der Waals surface area contributed by atoms with Crippen LogP contribution in [0.1, 0.15) is 36.5 Å². The van der Waals surface area contributed by atoms with Crippen LogP contribution < -0.4 is 20.7 Å². The third-order valence-electron chi connectivity index (χ3n) is 5.24. The van der Waals surface area contributed by atoms with Crippen molar-refractivity contribution >= 4 is 35.8 Å². The normalized spacial score (nSPS) is 13.1. The van der Waals surface area contributed by atoms with Gasteiger partial charge in [-0.15, -0.1) is 24.0 Å². The predicted octanol–water partition coefficient (Wildman–Crippen LogP) is 3.75. The minimum Gasteiger partial charge on any atom is -0.484 e. The molecule has 33 heavy (non-hydrogen) atoms. The molecule has 3 N–H and O–H groups in total. The molecule has 0 radical (unpaired) electrons. The lowest BCUT2D eigenvalue weighted by Gasteiger charge is -2.12. The minimum atomic E-state index is -0.205. The van der Waals surface area contributed by atoms with Gasteiger partial charge in [-0.1, -0.05) is 18.2 Å². The number of aryl methyl sites for hydroxylation is 1. The van der Waals surface area contributed by atoms with Crippen molar-refractivity contribution in [2.24, 2.45) is 4.99 Å². The van der Waals surface area contributed by atoms with E-state index in [-0.39, 0.29) is 42.3 Å². The number of benzene rings is 2.